The van der Waals surface area contributed by atoms with Crippen molar-refractivity contribution in [3.05, 3.63) is 52.3 Å². The standard InChI is InChI=1S/C16H15ClN2O4/c1-9-7-13(14(22-2)8-10(9)17)19-15(20)11-5-4-6-12(18-11)16(21)23-3/h4-8H,1-3H3,(H,19,20). The Morgan fingerprint density at radius 2 is 1.87 bits per heavy atom. The minimum Gasteiger partial charge on any atom is -0.495 e. The second kappa shape index (κ2) is 7.11. The highest BCUT2D eigenvalue weighted by Gasteiger charge is 2.15. The van der Waals surface area contributed by atoms with Crippen LogP contribution in [0.2, 0.25) is 5.02 Å². The number of pyridine rings is 1. The largest absolute Gasteiger partial charge is 0.495 e. The number of anilines is 1. The van der Waals surface area contributed by atoms with E-state index in [1.807, 2.05) is 6.92 Å². The van der Waals surface area contributed by atoms with Gasteiger partial charge in [-0.3, -0.25) is 4.79 Å². The number of nitrogens with zero attached hydrogens (tertiary/aromatic N) is 1. The molecule has 1 aromatic heterocycles. The van der Waals surface area contributed by atoms with E-state index in [4.69, 9.17) is 16.3 Å². The van der Waals surface area contributed by atoms with Gasteiger partial charge in [-0.05, 0) is 30.7 Å². The molecule has 2 rings (SSSR count). The summed E-state index contributed by atoms with van der Waals surface area (Å²) in [6, 6.07) is 7.83. The molecule has 1 heterocycles. The summed E-state index contributed by atoms with van der Waals surface area (Å²) in [6.45, 7) is 1.81. The molecule has 6 nitrogen and oxygen atoms in total. The Bertz CT molecular complexity index is 762. The third kappa shape index (κ3) is 3.78. The molecule has 2 aromatic rings. The number of aryl methyl sites for hydroxylation is 1. The van der Waals surface area contributed by atoms with Gasteiger partial charge in [0.15, 0.2) is 0 Å². The number of carbonyl (C=O) groups excluding carboxylic acids is 2. The van der Waals surface area contributed by atoms with E-state index < -0.39 is 11.9 Å². The van der Waals surface area contributed by atoms with Crippen molar-refractivity contribution in [3.63, 3.8) is 0 Å². The fraction of sp³-hybridized carbons (Fsp3) is 0.188. The molecular formula is C16H15ClN2O4. The van der Waals surface area contributed by atoms with Gasteiger partial charge < -0.3 is 14.8 Å². The van der Waals surface area contributed by atoms with E-state index in [0.29, 0.717) is 16.5 Å². The summed E-state index contributed by atoms with van der Waals surface area (Å²) in [4.78, 5) is 27.8. The maximum atomic E-state index is 12.3. The number of hydrogen-bond acceptors (Lipinski definition) is 5. The lowest BCUT2D eigenvalue weighted by Gasteiger charge is -2.12. The molecule has 1 amide bonds. The van der Waals surface area contributed by atoms with Crippen LogP contribution in [0.3, 0.4) is 0 Å². The second-order valence-electron chi connectivity index (χ2n) is 4.66. The molecule has 0 bridgehead atoms. The van der Waals surface area contributed by atoms with E-state index in [-0.39, 0.29) is 11.4 Å². The topological polar surface area (TPSA) is 77.5 Å². The van der Waals surface area contributed by atoms with Crippen LogP contribution in [-0.4, -0.2) is 31.1 Å². The van der Waals surface area contributed by atoms with E-state index >= 15 is 0 Å². The predicted octanol–water partition coefficient (Wildman–Crippen LogP) is 3.09. The lowest BCUT2D eigenvalue weighted by atomic mass is 10.2. The third-order valence-corrected chi connectivity index (χ3v) is 3.51. The van der Waals surface area contributed by atoms with Crippen LogP contribution in [0.4, 0.5) is 5.69 Å². The fourth-order valence-corrected chi connectivity index (χ4v) is 2.05. The number of halogens is 1. The Kier molecular flexibility index (Phi) is 5.18. The summed E-state index contributed by atoms with van der Waals surface area (Å²) in [5.74, 6) is -0.659. The maximum Gasteiger partial charge on any atom is 0.356 e. The number of nitrogens with one attached hydrogen (secondary N) is 1. The Morgan fingerprint density at radius 3 is 2.52 bits per heavy atom. The molecule has 0 aliphatic rings. The Balaban J connectivity index is 2.29. The van der Waals surface area contributed by atoms with Crippen LogP contribution in [0.25, 0.3) is 0 Å². The number of benzene rings is 1. The zero-order valence-electron chi connectivity index (χ0n) is 12.8. The number of hydrogen-bond donors (Lipinski definition) is 1. The van der Waals surface area contributed by atoms with Gasteiger partial charge >= 0.3 is 5.97 Å². The van der Waals surface area contributed by atoms with Crippen LogP contribution in [0.15, 0.2) is 30.3 Å². The van der Waals surface area contributed by atoms with Crippen LogP contribution in [0, 0.1) is 6.92 Å². The Hall–Kier alpha value is -2.60. The minimum atomic E-state index is -0.612. The quantitative estimate of drug-likeness (QED) is 0.869. The normalized spacial score (nSPS) is 10.1. The molecule has 0 spiro atoms. The number of ether oxygens (including phenoxy) is 2. The zero-order chi connectivity index (χ0) is 17.0. The highest BCUT2D eigenvalue weighted by molar-refractivity contribution is 6.31. The number of esters is 1. The van der Waals surface area contributed by atoms with Gasteiger partial charge in [0.25, 0.3) is 5.91 Å². The molecule has 1 N–H and O–H groups in total. The Morgan fingerprint density at radius 1 is 1.17 bits per heavy atom. The van der Waals surface area contributed by atoms with E-state index in [2.05, 4.69) is 15.0 Å². The summed E-state index contributed by atoms with van der Waals surface area (Å²) in [7, 11) is 2.73. The van der Waals surface area contributed by atoms with Gasteiger partial charge in [0.05, 0.1) is 19.9 Å². The predicted molar refractivity (Wildman–Crippen MR) is 86.3 cm³/mol. The first-order valence-corrected chi connectivity index (χ1v) is 7.05. The molecule has 0 unspecified atom stereocenters. The minimum absolute atomic E-state index is 0.0550. The molecule has 23 heavy (non-hydrogen) atoms. The summed E-state index contributed by atoms with van der Waals surface area (Å²) in [5, 5.41) is 3.23. The van der Waals surface area contributed by atoms with Gasteiger partial charge in [-0.2, -0.15) is 0 Å². The SMILES string of the molecule is COC(=O)c1cccc(C(=O)Nc2cc(C)c(Cl)cc2OC)n1. The monoisotopic (exact) mass is 334 g/mol. The van der Waals surface area contributed by atoms with Crippen molar-refractivity contribution in [3.8, 4) is 5.75 Å². The van der Waals surface area contributed by atoms with Crippen LogP contribution in [0.5, 0.6) is 5.75 Å². The second-order valence-corrected chi connectivity index (χ2v) is 5.06. The van der Waals surface area contributed by atoms with Gasteiger partial charge in [0, 0.05) is 11.1 Å². The van der Waals surface area contributed by atoms with E-state index in [1.165, 1.54) is 26.4 Å². The van der Waals surface area contributed by atoms with Crippen molar-refractivity contribution >= 4 is 29.2 Å². The lowest BCUT2D eigenvalue weighted by Crippen LogP contribution is -2.16. The molecule has 0 saturated heterocycles. The summed E-state index contributed by atoms with van der Waals surface area (Å²) in [5.41, 5.74) is 1.39. The molecule has 0 atom stereocenters. The average Bonchev–Trinajstić information content (AvgIpc) is 2.57. The van der Waals surface area contributed by atoms with E-state index in [9.17, 15) is 9.59 Å². The molecular weight excluding hydrogens is 320 g/mol. The first-order chi connectivity index (χ1) is 11.0. The molecule has 0 radical (unpaired) electrons. The van der Waals surface area contributed by atoms with Gasteiger partial charge in [-0.1, -0.05) is 17.7 Å². The average molecular weight is 335 g/mol. The first kappa shape index (κ1) is 16.8. The zero-order valence-corrected chi connectivity index (χ0v) is 13.6. The van der Waals surface area contributed by atoms with Crippen molar-refractivity contribution in [2.75, 3.05) is 19.5 Å². The van der Waals surface area contributed by atoms with Crippen molar-refractivity contribution in [2.45, 2.75) is 6.92 Å². The molecule has 0 saturated carbocycles. The van der Waals surface area contributed by atoms with Crippen LogP contribution in [0.1, 0.15) is 26.5 Å². The number of aromatic nitrogens is 1. The molecule has 0 aliphatic heterocycles. The van der Waals surface area contributed by atoms with Gasteiger partial charge in [0.2, 0.25) is 0 Å². The lowest BCUT2D eigenvalue weighted by molar-refractivity contribution is 0.0594. The smallest absolute Gasteiger partial charge is 0.356 e. The molecule has 1 aromatic carbocycles. The van der Waals surface area contributed by atoms with E-state index in [1.54, 1.807) is 18.2 Å². The van der Waals surface area contributed by atoms with Crippen LogP contribution >= 0.6 is 11.6 Å². The van der Waals surface area contributed by atoms with Crippen molar-refractivity contribution in [1.82, 2.24) is 4.98 Å². The maximum absolute atomic E-state index is 12.3. The Labute approximate surface area is 138 Å². The molecule has 0 aliphatic carbocycles. The molecule has 7 heteroatoms. The third-order valence-electron chi connectivity index (χ3n) is 3.11. The first-order valence-electron chi connectivity index (χ1n) is 6.67. The van der Waals surface area contributed by atoms with E-state index in [0.717, 1.165) is 5.56 Å². The van der Waals surface area contributed by atoms with Crippen LogP contribution in [-0.2, 0) is 4.74 Å². The van der Waals surface area contributed by atoms with Crippen molar-refractivity contribution in [1.29, 1.82) is 0 Å². The summed E-state index contributed by atoms with van der Waals surface area (Å²) < 4.78 is 9.79. The van der Waals surface area contributed by atoms with Gasteiger partial charge in [0.1, 0.15) is 17.1 Å². The fourth-order valence-electron chi connectivity index (χ4n) is 1.90. The molecule has 120 valence electrons. The number of rotatable bonds is 4. The van der Waals surface area contributed by atoms with Gasteiger partial charge in [-0.25, -0.2) is 9.78 Å². The number of amides is 1. The summed E-state index contributed by atoms with van der Waals surface area (Å²) >= 11 is 6.03. The number of carbonyl (C=O) groups is 2. The van der Waals surface area contributed by atoms with Crippen molar-refractivity contribution in [2.24, 2.45) is 0 Å². The van der Waals surface area contributed by atoms with Crippen molar-refractivity contribution < 1.29 is 19.1 Å². The number of methoxy groups -OCH3 is 2. The summed E-state index contributed by atoms with van der Waals surface area (Å²) in [6.07, 6.45) is 0. The van der Waals surface area contributed by atoms with Gasteiger partial charge in [-0.15, -0.1) is 0 Å². The highest BCUT2D eigenvalue weighted by Crippen LogP contribution is 2.31. The highest BCUT2D eigenvalue weighted by atomic mass is 35.5. The molecule has 0 fully saturated rings. The van der Waals surface area contributed by atoms with Crippen LogP contribution < -0.4 is 10.1 Å².